The summed E-state index contributed by atoms with van der Waals surface area (Å²) in [5.74, 6) is -0.260. The molecule has 3 N–H and O–H groups in total. The average molecular weight is 614 g/mol. The second kappa shape index (κ2) is 13.4. The van der Waals surface area contributed by atoms with Crippen LogP contribution in [0.15, 0.2) is 107 Å². The molecule has 4 aromatic carbocycles. The normalized spacial score (nSPS) is 13.7. The quantitative estimate of drug-likeness (QED) is 0.181. The van der Waals surface area contributed by atoms with E-state index in [1.165, 1.54) is 53.1 Å². The third kappa shape index (κ3) is 7.25. The van der Waals surface area contributed by atoms with E-state index in [4.69, 9.17) is 0 Å². The first-order valence-corrected chi connectivity index (χ1v) is 14.9. The van der Waals surface area contributed by atoms with Crippen molar-refractivity contribution in [3.05, 3.63) is 172 Å². The van der Waals surface area contributed by atoms with E-state index in [0.717, 1.165) is 32.5 Å². The molecular formula is C36H31N5O5. The van der Waals surface area contributed by atoms with Gasteiger partial charge in [-0.15, -0.1) is 0 Å². The van der Waals surface area contributed by atoms with E-state index in [-0.39, 0.29) is 22.3 Å². The predicted octanol–water partition coefficient (Wildman–Crippen LogP) is 3.48. The van der Waals surface area contributed by atoms with Crippen LogP contribution in [-0.2, 0) is 19.4 Å². The number of fused-ring (bicyclic) bond motifs is 1. The van der Waals surface area contributed by atoms with Gasteiger partial charge in [0.2, 0.25) is 0 Å². The van der Waals surface area contributed by atoms with Crippen LogP contribution in [0, 0.1) is 10.1 Å². The van der Waals surface area contributed by atoms with Crippen molar-refractivity contribution in [3.8, 4) is 0 Å². The summed E-state index contributed by atoms with van der Waals surface area (Å²) in [6, 6.07) is 28.8. The van der Waals surface area contributed by atoms with E-state index in [1.807, 2.05) is 24.3 Å². The molecule has 1 aliphatic rings. The summed E-state index contributed by atoms with van der Waals surface area (Å²) in [7, 11) is 0. The highest BCUT2D eigenvalue weighted by atomic mass is 16.6. The summed E-state index contributed by atoms with van der Waals surface area (Å²) < 4.78 is 0. The van der Waals surface area contributed by atoms with Crippen molar-refractivity contribution in [1.29, 1.82) is 0 Å². The number of nitro benzene ring substituents is 1. The SMILES string of the molecule is O=C(Nc1ccc(CCN2CCc3ccccc3C2)cc1)c1ccc(/C=c2\[nH]c(=O)/c(=C/c3ccc([N+](=O)[O-])cc3)[nH]c2=O)cc1. The zero-order valence-corrected chi connectivity index (χ0v) is 24.9. The summed E-state index contributed by atoms with van der Waals surface area (Å²) >= 11 is 0. The zero-order valence-electron chi connectivity index (χ0n) is 24.9. The van der Waals surface area contributed by atoms with Crippen LogP contribution in [0.4, 0.5) is 11.4 Å². The lowest BCUT2D eigenvalue weighted by atomic mass is 9.99. The maximum Gasteiger partial charge on any atom is 0.272 e. The molecule has 0 unspecified atom stereocenters. The van der Waals surface area contributed by atoms with Crippen molar-refractivity contribution in [3.63, 3.8) is 0 Å². The molecule has 0 fully saturated rings. The topological polar surface area (TPSA) is 141 Å². The number of hydrogen-bond donors (Lipinski definition) is 3. The highest BCUT2D eigenvalue weighted by Crippen LogP contribution is 2.19. The lowest BCUT2D eigenvalue weighted by Gasteiger charge is -2.28. The van der Waals surface area contributed by atoms with Gasteiger partial charge in [0.1, 0.15) is 10.7 Å². The molecule has 230 valence electrons. The van der Waals surface area contributed by atoms with Gasteiger partial charge in [0.25, 0.3) is 22.7 Å². The smallest absolute Gasteiger partial charge is 0.272 e. The van der Waals surface area contributed by atoms with E-state index in [0.29, 0.717) is 22.4 Å². The number of nitrogens with one attached hydrogen (secondary N) is 3. The molecule has 10 heteroatoms. The Labute approximate surface area is 263 Å². The molecule has 2 heterocycles. The van der Waals surface area contributed by atoms with E-state index in [9.17, 15) is 24.5 Å². The van der Waals surface area contributed by atoms with Crippen molar-refractivity contribution in [2.24, 2.45) is 0 Å². The second-order valence-electron chi connectivity index (χ2n) is 11.2. The van der Waals surface area contributed by atoms with Gasteiger partial charge in [-0.1, -0.05) is 48.5 Å². The number of non-ortho nitro benzene ring substituents is 1. The molecule has 10 nitrogen and oxygen atoms in total. The Bertz CT molecular complexity index is 2130. The Morgan fingerprint density at radius 1 is 0.804 bits per heavy atom. The van der Waals surface area contributed by atoms with Crippen molar-refractivity contribution < 1.29 is 9.72 Å². The molecule has 0 aliphatic carbocycles. The number of anilines is 1. The van der Waals surface area contributed by atoms with E-state index >= 15 is 0 Å². The van der Waals surface area contributed by atoms with Crippen LogP contribution < -0.4 is 27.1 Å². The minimum absolute atomic E-state index is 0.0178. The molecule has 0 atom stereocenters. The van der Waals surface area contributed by atoms with Crippen LogP contribution in [-0.4, -0.2) is 38.8 Å². The summed E-state index contributed by atoms with van der Waals surface area (Å²) in [6.45, 7) is 3.02. The minimum Gasteiger partial charge on any atom is -0.322 e. The summed E-state index contributed by atoms with van der Waals surface area (Å²) in [5, 5.41) is 13.8. The van der Waals surface area contributed by atoms with Crippen LogP contribution in [0.2, 0.25) is 0 Å². The molecule has 0 bridgehead atoms. The van der Waals surface area contributed by atoms with Crippen LogP contribution in [0.5, 0.6) is 0 Å². The van der Waals surface area contributed by atoms with Gasteiger partial charge in [-0.25, -0.2) is 0 Å². The van der Waals surface area contributed by atoms with Crippen LogP contribution in [0.1, 0.15) is 38.2 Å². The number of hydrogen-bond acceptors (Lipinski definition) is 6. The molecule has 1 aromatic heterocycles. The molecule has 0 spiro atoms. The lowest BCUT2D eigenvalue weighted by Crippen LogP contribution is -2.46. The van der Waals surface area contributed by atoms with Gasteiger partial charge in [0.05, 0.1) is 4.92 Å². The molecule has 1 amide bonds. The molecule has 0 saturated heterocycles. The third-order valence-corrected chi connectivity index (χ3v) is 8.02. The number of aromatic amines is 2. The third-order valence-electron chi connectivity index (χ3n) is 8.02. The number of carbonyl (C=O) groups is 1. The molecular weight excluding hydrogens is 582 g/mol. The first-order chi connectivity index (χ1) is 22.3. The number of aromatic nitrogens is 2. The van der Waals surface area contributed by atoms with E-state index in [1.54, 1.807) is 24.3 Å². The van der Waals surface area contributed by atoms with Gasteiger partial charge in [-0.3, -0.25) is 29.4 Å². The lowest BCUT2D eigenvalue weighted by molar-refractivity contribution is -0.384. The number of nitro groups is 1. The second-order valence-corrected chi connectivity index (χ2v) is 11.2. The van der Waals surface area contributed by atoms with Gasteiger partial charge >= 0.3 is 0 Å². The maximum atomic E-state index is 12.9. The first-order valence-electron chi connectivity index (χ1n) is 14.9. The standard InChI is InChI=1S/C36H31N5O5/c42-34(37-30-13-7-24(8-14-30)17-19-40-20-18-27-3-1-2-4-29(27)23-40)28-11-5-25(6-12-28)21-32-35(43)39-33(36(44)38-32)22-26-9-15-31(16-10-26)41(45)46/h1-16,21-22H,17-20,23H2,(H,37,42)(H,38,44)(H,39,43)/b32-21-,33-22-. The van der Waals surface area contributed by atoms with Gasteiger partial charge < -0.3 is 15.3 Å². The highest BCUT2D eigenvalue weighted by molar-refractivity contribution is 6.04. The Morgan fingerprint density at radius 2 is 1.39 bits per heavy atom. The number of carbonyl (C=O) groups excluding carboxylic acids is 1. The zero-order chi connectivity index (χ0) is 32.0. The number of benzene rings is 4. The number of nitrogens with zero attached hydrogens (tertiary/aromatic N) is 2. The van der Waals surface area contributed by atoms with Gasteiger partial charge in [-0.2, -0.15) is 0 Å². The van der Waals surface area contributed by atoms with Crippen molar-refractivity contribution in [2.75, 3.05) is 18.4 Å². The highest BCUT2D eigenvalue weighted by Gasteiger charge is 2.15. The Hall–Kier alpha value is -5.87. The summed E-state index contributed by atoms with van der Waals surface area (Å²) in [4.78, 5) is 56.1. The monoisotopic (exact) mass is 613 g/mol. The van der Waals surface area contributed by atoms with Crippen LogP contribution >= 0.6 is 0 Å². The number of H-pyrrole nitrogens is 2. The van der Waals surface area contributed by atoms with Gasteiger partial charge in [0, 0.05) is 43.0 Å². The summed E-state index contributed by atoms with van der Waals surface area (Å²) in [6.07, 6.45) is 4.96. The molecule has 5 aromatic rings. The molecule has 1 aliphatic heterocycles. The van der Waals surface area contributed by atoms with E-state index < -0.39 is 16.0 Å². The fourth-order valence-corrected chi connectivity index (χ4v) is 5.44. The predicted molar refractivity (Wildman–Crippen MR) is 177 cm³/mol. The number of rotatable bonds is 8. The molecule has 46 heavy (non-hydrogen) atoms. The summed E-state index contributed by atoms with van der Waals surface area (Å²) in [5.41, 5.74) is 5.24. The van der Waals surface area contributed by atoms with Crippen molar-refractivity contribution in [2.45, 2.75) is 19.4 Å². The molecule has 0 saturated carbocycles. The van der Waals surface area contributed by atoms with Gasteiger partial charge in [-0.05, 0) is 89.2 Å². The van der Waals surface area contributed by atoms with Crippen LogP contribution in [0.3, 0.4) is 0 Å². The Balaban J connectivity index is 1.06. The largest absolute Gasteiger partial charge is 0.322 e. The molecule has 0 radical (unpaired) electrons. The molecule has 6 rings (SSSR count). The van der Waals surface area contributed by atoms with E-state index in [2.05, 4.69) is 44.5 Å². The average Bonchev–Trinajstić information content (AvgIpc) is 3.07. The van der Waals surface area contributed by atoms with Crippen LogP contribution in [0.25, 0.3) is 12.2 Å². The Morgan fingerprint density at radius 3 is 2.00 bits per heavy atom. The van der Waals surface area contributed by atoms with Crippen molar-refractivity contribution in [1.82, 2.24) is 14.9 Å². The Kier molecular flexibility index (Phi) is 8.80. The first kappa shape index (κ1) is 30.2. The maximum absolute atomic E-state index is 12.9. The fourth-order valence-electron chi connectivity index (χ4n) is 5.44. The fraction of sp³-hybridized carbons (Fsp3) is 0.139. The van der Waals surface area contributed by atoms with Crippen molar-refractivity contribution >= 4 is 29.4 Å². The minimum atomic E-state index is -0.525. The number of amides is 1. The van der Waals surface area contributed by atoms with Gasteiger partial charge in [0.15, 0.2) is 0 Å².